The minimum Gasteiger partial charge on any atom is -0.357 e. The van der Waals surface area contributed by atoms with Crippen LogP contribution in [0.3, 0.4) is 0 Å². The molecule has 1 N–H and O–H groups in total. The number of rotatable bonds is 8. The standard InChI is InChI=1S/C20H22BrFN2O2S/c1-14(20(26)23-2)24(11-15-5-9-18(22)10-6-15)19(25)13-27-12-16-3-7-17(21)8-4-16/h3-10,14H,11-13H2,1-2H3,(H,23,26). The van der Waals surface area contributed by atoms with Crippen molar-refractivity contribution < 1.29 is 14.0 Å². The average molecular weight is 453 g/mol. The van der Waals surface area contributed by atoms with Gasteiger partial charge in [-0.1, -0.05) is 40.2 Å². The number of thioether (sulfide) groups is 1. The number of nitrogens with zero attached hydrogens (tertiary/aromatic N) is 1. The summed E-state index contributed by atoms with van der Waals surface area (Å²) >= 11 is 4.90. The summed E-state index contributed by atoms with van der Waals surface area (Å²) in [6, 6.07) is 13.3. The third-order valence-electron chi connectivity index (χ3n) is 4.09. The predicted molar refractivity (Wildman–Crippen MR) is 111 cm³/mol. The molecule has 0 aliphatic carbocycles. The Hall–Kier alpha value is -1.86. The lowest BCUT2D eigenvalue weighted by Gasteiger charge is -2.28. The Kier molecular flexibility index (Phi) is 8.31. The van der Waals surface area contributed by atoms with E-state index in [1.807, 2.05) is 24.3 Å². The maximum atomic E-state index is 13.1. The van der Waals surface area contributed by atoms with Gasteiger partial charge in [0.2, 0.25) is 11.8 Å². The molecule has 0 saturated carbocycles. The number of likely N-dealkylation sites (N-methyl/N-ethyl adjacent to an activating group) is 1. The summed E-state index contributed by atoms with van der Waals surface area (Å²) in [5.74, 6) is 0.276. The van der Waals surface area contributed by atoms with Gasteiger partial charge in [-0.2, -0.15) is 0 Å². The van der Waals surface area contributed by atoms with Gasteiger partial charge >= 0.3 is 0 Å². The summed E-state index contributed by atoms with van der Waals surface area (Å²) in [5.41, 5.74) is 1.90. The van der Waals surface area contributed by atoms with E-state index in [1.165, 1.54) is 28.8 Å². The molecule has 7 heteroatoms. The molecule has 0 aliphatic heterocycles. The van der Waals surface area contributed by atoms with E-state index in [0.717, 1.165) is 15.6 Å². The highest BCUT2D eigenvalue weighted by Crippen LogP contribution is 2.18. The van der Waals surface area contributed by atoms with E-state index in [0.29, 0.717) is 5.75 Å². The second-order valence-corrected chi connectivity index (χ2v) is 7.96. The Morgan fingerprint density at radius 3 is 2.30 bits per heavy atom. The van der Waals surface area contributed by atoms with Crippen molar-refractivity contribution in [2.24, 2.45) is 0 Å². The molecule has 2 rings (SSSR count). The fourth-order valence-corrected chi connectivity index (χ4v) is 3.63. The quantitative estimate of drug-likeness (QED) is 0.658. The topological polar surface area (TPSA) is 49.4 Å². The zero-order chi connectivity index (χ0) is 19.8. The largest absolute Gasteiger partial charge is 0.357 e. The zero-order valence-electron chi connectivity index (χ0n) is 15.2. The van der Waals surface area contributed by atoms with Gasteiger partial charge in [0.15, 0.2) is 0 Å². The highest BCUT2D eigenvalue weighted by atomic mass is 79.9. The summed E-state index contributed by atoms with van der Waals surface area (Å²) in [4.78, 5) is 26.3. The predicted octanol–water partition coefficient (Wildman–Crippen LogP) is 3.98. The van der Waals surface area contributed by atoms with Gasteiger partial charge in [0.25, 0.3) is 0 Å². The van der Waals surface area contributed by atoms with E-state index < -0.39 is 6.04 Å². The molecule has 144 valence electrons. The summed E-state index contributed by atoms with van der Waals surface area (Å²) in [6.45, 7) is 1.95. The fraction of sp³-hybridized carbons (Fsp3) is 0.300. The lowest BCUT2D eigenvalue weighted by Crippen LogP contribution is -2.47. The van der Waals surface area contributed by atoms with Gasteiger partial charge in [-0.05, 0) is 42.3 Å². The highest BCUT2D eigenvalue weighted by molar-refractivity contribution is 9.10. The van der Waals surface area contributed by atoms with Crippen LogP contribution in [0.1, 0.15) is 18.1 Å². The average Bonchev–Trinajstić information content (AvgIpc) is 2.67. The molecule has 0 aromatic heterocycles. The summed E-state index contributed by atoms with van der Waals surface area (Å²) in [5, 5.41) is 2.58. The van der Waals surface area contributed by atoms with Crippen LogP contribution in [0.2, 0.25) is 0 Å². The minimum atomic E-state index is -0.610. The molecule has 4 nitrogen and oxygen atoms in total. The number of benzene rings is 2. The lowest BCUT2D eigenvalue weighted by molar-refractivity contribution is -0.138. The first-order chi connectivity index (χ1) is 12.9. The van der Waals surface area contributed by atoms with Crippen LogP contribution in [-0.4, -0.2) is 35.6 Å². The van der Waals surface area contributed by atoms with Crippen LogP contribution in [0.25, 0.3) is 0 Å². The Morgan fingerprint density at radius 1 is 1.11 bits per heavy atom. The van der Waals surface area contributed by atoms with Crippen LogP contribution < -0.4 is 5.32 Å². The number of hydrogen-bond acceptors (Lipinski definition) is 3. The van der Waals surface area contributed by atoms with E-state index in [2.05, 4.69) is 21.2 Å². The molecule has 1 atom stereocenters. The van der Waals surface area contributed by atoms with E-state index in [-0.39, 0.29) is 29.9 Å². The van der Waals surface area contributed by atoms with Gasteiger partial charge in [0.05, 0.1) is 5.75 Å². The molecule has 2 amide bonds. The van der Waals surface area contributed by atoms with Crippen LogP contribution in [0.4, 0.5) is 4.39 Å². The fourth-order valence-electron chi connectivity index (χ4n) is 2.50. The molecule has 0 saturated heterocycles. The second-order valence-electron chi connectivity index (χ2n) is 6.06. The number of hydrogen-bond donors (Lipinski definition) is 1. The first kappa shape index (κ1) is 21.4. The van der Waals surface area contributed by atoms with Gasteiger partial charge < -0.3 is 10.2 Å². The summed E-state index contributed by atoms with van der Waals surface area (Å²) in [7, 11) is 1.54. The third-order valence-corrected chi connectivity index (χ3v) is 5.60. The van der Waals surface area contributed by atoms with E-state index in [1.54, 1.807) is 26.1 Å². The number of halogens is 2. The van der Waals surface area contributed by atoms with Crippen LogP contribution in [0.15, 0.2) is 53.0 Å². The van der Waals surface area contributed by atoms with Crippen LogP contribution in [-0.2, 0) is 21.9 Å². The Morgan fingerprint density at radius 2 is 1.70 bits per heavy atom. The molecule has 0 radical (unpaired) electrons. The molecule has 0 fully saturated rings. The normalized spacial score (nSPS) is 11.7. The zero-order valence-corrected chi connectivity index (χ0v) is 17.6. The van der Waals surface area contributed by atoms with E-state index in [9.17, 15) is 14.0 Å². The maximum Gasteiger partial charge on any atom is 0.242 e. The van der Waals surface area contributed by atoms with Crippen LogP contribution in [0.5, 0.6) is 0 Å². The minimum absolute atomic E-state index is 0.127. The van der Waals surface area contributed by atoms with Crippen molar-refractivity contribution in [3.63, 3.8) is 0 Å². The second kappa shape index (κ2) is 10.5. The molecule has 0 heterocycles. The first-order valence-corrected chi connectivity index (χ1v) is 10.4. The number of carbonyl (C=O) groups excluding carboxylic acids is 2. The summed E-state index contributed by atoms with van der Waals surface area (Å²) in [6.07, 6.45) is 0. The Balaban J connectivity index is 2.02. The number of nitrogens with one attached hydrogen (secondary N) is 1. The van der Waals surface area contributed by atoms with Crippen LogP contribution >= 0.6 is 27.7 Å². The van der Waals surface area contributed by atoms with Gasteiger partial charge in [0, 0.05) is 23.8 Å². The van der Waals surface area contributed by atoms with E-state index >= 15 is 0 Å². The molecular weight excluding hydrogens is 431 g/mol. The third kappa shape index (κ3) is 6.66. The Bertz CT molecular complexity index is 769. The smallest absolute Gasteiger partial charge is 0.242 e. The molecule has 0 spiro atoms. The Labute approximate surface area is 171 Å². The van der Waals surface area contributed by atoms with Crippen molar-refractivity contribution in [2.45, 2.75) is 25.3 Å². The molecule has 2 aromatic carbocycles. The van der Waals surface area contributed by atoms with Crippen molar-refractivity contribution in [3.05, 3.63) is 69.9 Å². The molecule has 2 aromatic rings. The molecular formula is C20H22BrFN2O2S. The molecule has 0 bridgehead atoms. The first-order valence-electron chi connectivity index (χ1n) is 8.48. The summed E-state index contributed by atoms with van der Waals surface area (Å²) < 4.78 is 14.1. The van der Waals surface area contributed by atoms with Gasteiger partial charge in [-0.3, -0.25) is 9.59 Å². The molecule has 0 aliphatic rings. The van der Waals surface area contributed by atoms with Crippen molar-refractivity contribution in [1.29, 1.82) is 0 Å². The van der Waals surface area contributed by atoms with Crippen molar-refractivity contribution in [2.75, 3.05) is 12.8 Å². The number of carbonyl (C=O) groups is 2. The highest BCUT2D eigenvalue weighted by Gasteiger charge is 2.25. The van der Waals surface area contributed by atoms with E-state index in [4.69, 9.17) is 0 Å². The number of amides is 2. The molecule has 1 unspecified atom stereocenters. The van der Waals surface area contributed by atoms with Crippen LogP contribution in [0, 0.1) is 5.82 Å². The van der Waals surface area contributed by atoms with Crippen molar-refractivity contribution in [3.8, 4) is 0 Å². The van der Waals surface area contributed by atoms with Gasteiger partial charge in [-0.25, -0.2) is 4.39 Å². The SMILES string of the molecule is CNC(=O)C(C)N(Cc1ccc(F)cc1)C(=O)CSCc1ccc(Br)cc1. The maximum absolute atomic E-state index is 13.1. The van der Waals surface area contributed by atoms with Crippen molar-refractivity contribution >= 4 is 39.5 Å². The monoisotopic (exact) mass is 452 g/mol. The van der Waals surface area contributed by atoms with Gasteiger partial charge in [-0.15, -0.1) is 11.8 Å². The lowest BCUT2D eigenvalue weighted by atomic mass is 10.1. The molecule has 27 heavy (non-hydrogen) atoms. The van der Waals surface area contributed by atoms with Gasteiger partial charge in [0.1, 0.15) is 11.9 Å². The van der Waals surface area contributed by atoms with Crippen molar-refractivity contribution in [1.82, 2.24) is 10.2 Å².